The van der Waals surface area contributed by atoms with Gasteiger partial charge in [-0.15, -0.1) is 0 Å². The van der Waals surface area contributed by atoms with Crippen LogP contribution in [0.3, 0.4) is 0 Å². The van der Waals surface area contributed by atoms with E-state index < -0.39 is 30.2 Å². The van der Waals surface area contributed by atoms with E-state index >= 15 is 0 Å². The Hall–Kier alpha value is -3.95. The van der Waals surface area contributed by atoms with Crippen molar-refractivity contribution < 1.29 is 23.8 Å². The van der Waals surface area contributed by atoms with Crippen LogP contribution in [0.15, 0.2) is 66.9 Å². The molecule has 0 aliphatic heterocycles. The third kappa shape index (κ3) is 5.00. The minimum Gasteiger partial charge on any atom is -0.394 e. The molecule has 4 aromatic rings. The summed E-state index contributed by atoms with van der Waals surface area (Å²) in [6.45, 7) is -0.792. The molecule has 7 nitrogen and oxygen atoms in total. The van der Waals surface area contributed by atoms with Crippen LogP contribution in [0, 0.1) is 11.6 Å². The fraction of sp³-hybridized carbons (Fsp3) is 0.160. The Balaban J connectivity index is 1.62. The normalized spacial score (nSPS) is 11.9. The fourth-order valence-corrected chi connectivity index (χ4v) is 3.63. The number of hydrogen-bond acceptors (Lipinski definition) is 5. The smallest absolute Gasteiger partial charge is 0.252 e. The molecule has 2 aromatic heterocycles. The molecule has 0 fully saturated rings. The van der Waals surface area contributed by atoms with Gasteiger partial charge in [-0.1, -0.05) is 12.1 Å². The molecule has 2 heterocycles. The number of aliphatic hydroxyl groups is 2. The maximum Gasteiger partial charge on any atom is 0.252 e. The van der Waals surface area contributed by atoms with E-state index in [0.29, 0.717) is 23.4 Å². The van der Waals surface area contributed by atoms with Gasteiger partial charge < -0.3 is 15.5 Å². The van der Waals surface area contributed by atoms with Crippen LogP contribution in [0.2, 0.25) is 0 Å². The Kier molecular flexibility index (Phi) is 7.05. The van der Waals surface area contributed by atoms with Gasteiger partial charge in [-0.2, -0.15) is 5.10 Å². The summed E-state index contributed by atoms with van der Waals surface area (Å²) >= 11 is 0. The number of rotatable bonds is 8. The summed E-state index contributed by atoms with van der Waals surface area (Å²) in [5.74, 6) is -1.76. The predicted molar refractivity (Wildman–Crippen MR) is 122 cm³/mol. The number of aromatic nitrogens is 3. The number of halogens is 2. The molecular formula is C25H22F2N4O3. The minimum atomic E-state index is -0.647. The van der Waals surface area contributed by atoms with E-state index in [2.05, 4.69) is 20.5 Å². The van der Waals surface area contributed by atoms with Gasteiger partial charge in [0.05, 0.1) is 41.8 Å². The first-order valence-electron chi connectivity index (χ1n) is 10.6. The number of aliphatic hydroxyl groups excluding tert-OH is 2. The van der Waals surface area contributed by atoms with Gasteiger partial charge >= 0.3 is 0 Å². The van der Waals surface area contributed by atoms with E-state index in [1.165, 1.54) is 36.4 Å². The quantitative estimate of drug-likeness (QED) is 0.320. The van der Waals surface area contributed by atoms with E-state index in [4.69, 9.17) is 0 Å². The maximum absolute atomic E-state index is 14.9. The van der Waals surface area contributed by atoms with Crippen LogP contribution in [-0.4, -0.2) is 44.0 Å². The molecule has 2 aromatic carbocycles. The lowest BCUT2D eigenvalue weighted by atomic mass is 10.0. The van der Waals surface area contributed by atoms with Crippen LogP contribution in [0.4, 0.5) is 8.78 Å². The third-order valence-electron chi connectivity index (χ3n) is 5.36. The lowest BCUT2D eigenvalue weighted by Crippen LogP contribution is -2.39. The summed E-state index contributed by atoms with van der Waals surface area (Å²) in [6, 6.07) is 14.6. The van der Waals surface area contributed by atoms with Crippen molar-refractivity contribution in [2.45, 2.75) is 19.1 Å². The standard InChI is InChI=1S/C25H22F2N4O3/c26-20-8-7-15(10-16(20)13-32)22-12-23(31-30-22)24-19(5-3-6-21(24)27)25(34)29-18(14-33)11-17-4-1-2-9-28-17/h1-10,12,18,32-33H,11,13-14H2,(H,29,34)(H,30,31). The summed E-state index contributed by atoms with van der Waals surface area (Å²) in [5, 5.41) is 28.7. The van der Waals surface area contributed by atoms with Crippen molar-refractivity contribution in [1.29, 1.82) is 0 Å². The zero-order valence-corrected chi connectivity index (χ0v) is 18.0. The highest BCUT2D eigenvalue weighted by Crippen LogP contribution is 2.29. The summed E-state index contributed by atoms with van der Waals surface area (Å²) in [7, 11) is 0. The number of benzene rings is 2. The van der Waals surface area contributed by atoms with Crippen molar-refractivity contribution in [3.8, 4) is 22.5 Å². The fourth-order valence-electron chi connectivity index (χ4n) is 3.63. The maximum atomic E-state index is 14.9. The number of H-pyrrole nitrogens is 1. The van der Waals surface area contributed by atoms with Gasteiger partial charge in [0.1, 0.15) is 11.6 Å². The summed E-state index contributed by atoms with van der Waals surface area (Å²) in [4.78, 5) is 17.2. The third-order valence-corrected chi connectivity index (χ3v) is 5.36. The van der Waals surface area contributed by atoms with Gasteiger partial charge in [0.2, 0.25) is 0 Å². The summed E-state index contributed by atoms with van der Waals surface area (Å²) in [6.07, 6.45) is 1.92. The second-order valence-electron chi connectivity index (χ2n) is 7.67. The van der Waals surface area contributed by atoms with Crippen molar-refractivity contribution in [1.82, 2.24) is 20.5 Å². The SMILES string of the molecule is O=C(NC(CO)Cc1ccccn1)c1cccc(F)c1-c1cc(-c2ccc(F)c(CO)c2)[nH]n1. The van der Waals surface area contributed by atoms with Crippen molar-refractivity contribution in [2.24, 2.45) is 0 Å². The molecule has 34 heavy (non-hydrogen) atoms. The Morgan fingerprint density at radius 3 is 2.62 bits per heavy atom. The van der Waals surface area contributed by atoms with E-state index in [-0.39, 0.29) is 29.0 Å². The topological polar surface area (TPSA) is 111 Å². The highest BCUT2D eigenvalue weighted by molar-refractivity contribution is 6.01. The van der Waals surface area contributed by atoms with Gasteiger partial charge in [-0.25, -0.2) is 8.78 Å². The van der Waals surface area contributed by atoms with Crippen molar-refractivity contribution in [3.63, 3.8) is 0 Å². The van der Waals surface area contributed by atoms with Crippen LogP contribution in [0.1, 0.15) is 21.6 Å². The van der Waals surface area contributed by atoms with Gasteiger partial charge in [0, 0.05) is 29.4 Å². The molecule has 1 atom stereocenters. The largest absolute Gasteiger partial charge is 0.394 e. The van der Waals surface area contributed by atoms with Crippen molar-refractivity contribution in [3.05, 3.63) is 95.3 Å². The Labute approximate surface area is 194 Å². The Bertz CT molecular complexity index is 1290. The number of hydrogen-bond donors (Lipinski definition) is 4. The minimum absolute atomic E-state index is 0.0125. The highest BCUT2D eigenvalue weighted by Gasteiger charge is 2.22. The Morgan fingerprint density at radius 1 is 1.03 bits per heavy atom. The van der Waals surface area contributed by atoms with Gasteiger partial charge in [0.15, 0.2) is 0 Å². The first-order valence-corrected chi connectivity index (χ1v) is 10.6. The molecule has 1 unspecified atom stereocenters. The molecule has 4 rings (SSSR count). The molecule has 4 N–H and O–H groups in total. The van der Waals surface area contributed by atoms with Crippen molar-refractivity contribution >= 4 is 5.91 Å². The molecule has 9 heteroatoms. The van der Waals surface area contributed by atoms with Crippen LogP contribution in [0.25, 0.3) is 22.5 Å². The lowest BCUT2D eigenvalue weighted by molar-refractivity contribution is 0.0916. The summed E-state index contributed by atoms with van der Waals surface area (Å²) < 4.78 is 28.6. The Morgan fingerprint density at radius 2 is 1.88 bits per heavy atom. The molecule has 0 spiro atoms. The molecule has 0 aliphatic rings. The number of carbonyl (C=O) groups excluding carboxylic acids is 1. The second-order valence-corrected chi connectivity index (χ2v) is 7.67. The average Bonchev–Trinajstić information content (AvgIpc) is 3.34. The van der Waals surface area contributed by atoms with Crippen LogP contribution >= 0.6 is 0 Å². The van der Waals surface area contributed by atoms with E-state index in [1.54, 1.807) is 24.4 Å². The molecule has 0 saturated carbocycles. The molecule has 0 bridgehead atoms. The molecule has 174 valence electrons. The van der Waals surface area contributed by atoms with Crippen molar-refractivity contribution in [2.75, 3.05) is 6.61 Å². The van der Waals surface area contributed by atoms with Crippen LogP contribution in [0.5, 0.6) is 0 Å². The zero-order valence-electron chi connectivity index (χ0n) is 18.0. The van der Waals surface area contributed by atoms with Gasteiger partial charge in [-0.05, 0) is 48.5 Å². The molecule has 1 amide bonds. The number of amides is 1. The highest BCUT2D eigenvalue weighted by atomic mass is 19.1. The lowest BCUT2D eigenvalue weighted by Gasteiger charge is -2.17. The van der Waals surface area contributed by atoms with Crippen LogP contribution < -0.4 is 5.32 Å². The van der Waals surface area contributed by atoms with E-state index in [0.717, 1.165) is 0 Å². The number of pyridine rings is 1. The molecule has 0 radical (unpaired) electrons. The first-order chi connectivity index (χ1) is 16.5. The number of nitrogens with zero attached hydrogens (tertiary/aromatic N) is 2. The number of nitrogens with one attached hydrogen (secondary N) is 2. The molecule has 0 saturated heterocycles. The summed E-state index contributed by atoms with van der Waals surface area (Å²) in [5.41, 5.74) is 2.03. The average molecular weight is 464 g/mol. The number of carbonyl (C=O) groups is 1. The monoisotopic (exact) mass is 464 g/mol. The van der Waals surface area contributed by atoms with E-state index in [1.807, 2.05) is 6.07 Å². The molecular weight excluding hydrogens is 442 g/mol. The second kappa shape index (κ2) is 10.3. The van der Waals surface area contributed by atoms with E-state index in [9.17, 15) is 23.8 Å². The first kappa shape index (κ1) is 23.2. The van der Waals surface area contributed by atoms with Gasteiger partial charge in [0.25, 0.3) is 5.91 Å². The molecule has 0 aliphatic carbocycles. The number of aromatic amines is 1. The van der Waals surface area contributed by atoms with Crippen LogP contribution in [-0.2, 0) is 13.0 Å². The zero-order chi connectivity index (χ0) is 24.1. The van der Waals surface area contributed by atoms with Gasteiger partial charge in [-0.3, -0.25) is 14.9 Å². The predicted octanol–water partition coefficient (Wildman–Crippen LogP) is 3.24.